The molecule has 0 spiro atoms. The Morgan fingerprint density at radius 1 is 1.19 bits per heavy atom. The van der Waals surface area contributed by atoms with Crippen molar-refractivity contribution in [2.45, 2.75) is 43.5 Å². The number of nitrogens with one attached hydrogen (secondary N) is 2. The molecule has 10 heteroatoms. The molecule has 1 atom stereocenters. The molecule has 2 fully saturated rings. The fourth-order valence-corrected chi connectivity index (χ4v) is 5.06. The Morgan fingerprint density at radius 2 is 2.03 bits per heavy atom. The Labute approximate surface area is 187 Å². The molecule has 170 valence electrons. The highest BCUT2D eigenvalue weighted by Crippen LogP contribution is 2.31. The lowest BCUT2D eigenvalue weighted by Gasteiger charge is -2.34. The Bertz CT molecular complexity index is 1240. The first kappa shape index (κ1) is 21.0. The number of hydrogen-bond donors (Lipinski definition) is 3. The van der Waals surface area contributed by atoms with Gasteiger partial charge in [0.15, 0.2) is 15.5 Å². The third-order valence-corrected chi connectivity index (χ3v) is 6.69. The Balaban J connectivity index is 1.46. The number of benzene rings is 1. The minimum Gasteiger partial charge on any atom is -0.370 e. The average molecular weight is 456 g/mol. The summed E-state index contributed by atoms with van der Waals surface area (Å²) in [5, 5.41) is 11.2. The molecule has 9 nitrogen and oxygen atoms in total. The average Bonchev–Trinajstić information content (AvgIpc) is 3.40. The van der Waals surface area contributed by atoms with Crippen LogP contribution < -0.4 is 21.3 Å². The van der Waals surface area contributed by atoms with Crippen molar-refractivity contribution >= 4 is 38.5 Å². The highest BCUT2D eigenvalue weighted by Gasteiger charge is 2.23. The summed E-state index contributed by atoms with van der Waals surface area (Å²) in [6, 6.07) is 10.3. The van der Waals surface area contributed by atoms with Gasteiger partial charge in [-0.1, -0.05) is 0 Å². The lowest BCUT2D eigenvalue weighted by Crippen LogP contribution is -2.43. The van der Waals surface area contributed by atoms with Crippen LogP contribution in [0.2, 0.25) is 0 Å². The van der Waals surface area contributed by atoms with Crippen LogP contribution in [0.3, 0.4) is 0 Å². The zero-order valence-electron chi connectivity index (χ0n) is 18.2. The fourth-order valence-electron chi connectivity index (χ4n) is 4.26. The van der Waals surface area contributed by atoms with E-state index in [9.17, 15) is 8.42 Å². The van der Waals surface area contributed by atoms with E-state index in [0.717, 1.165) is 67.2 Å². The second kappa shape index (κ2) is 8.25. The maximum Gasteiger partial charge on any atom is 0.159 e. The third-order valence-electron chi connectivity index (χ3n) is 5.86. The largest absolute Gasteiger partial charge is 0.370 e. The van der Waals surface area contributed by atoms with Gasteiger partial charge in [0.05, 0.1) is 11.9 Å². The first-order valence-corrected chi connectivity index (χ1v) is 13.1. The number of nitrogens with two attached hydrogens (primary N) is 1. The topological polar surface area (TPSA) is 118 Å². The van der Waals surface area contributed by atoms with Crippen LogP contribution in [-0.4, -0.2) is 54.4 Å². The molecule has 0 radical (unpaired) electrons. The number of nitrogens with zero attached hydrogens (tertiary/aromatic N) is 4. The summed E-state index contributed by atoms with van der Waals surface area (Å²) < 4.78 is 26.1. The van der Waals surface area contributed by atoms with Crippen LogP contribution in [0, 0.1) is 0 Å². The lowest BCUT2D eigenvalue weighted by molar-refractivity contribution is 0.505. The van der Waals surface area contributed by atoms with Crippen LogP contribution in [-0.2, 0) is 15.6 Å². The first-order valence-electron chi connectivity index (χ1n) is 11.0. The Hall–Kier alpha value is -2.85. The number of sulfone groups is 1. The molecule has 4 N–H and O–H groups in total. The molecule has 3 aromatic rings. The van der Waals surface area contributed by atoms with Crippen LogP contribution >= 0.6 is 0 Å². The summed E-state index contributed by atoms with van der Waals surface area (Å²) in [5.41, 5.74) is 9.41. The molecule has 3 heterocycles. The predicted molar refractivity (Wildman–Crippen MR) is 127 cm³/mol. The van der Waals surface area contributed by atoms with Gasteiger partial charge in [-0.2, -0.15) is 9.61 Å². The molecule has 1 aliphatic heterocycles. The van der Waals surface area contributed by atoms with Crippen LogP contribution in [0.4, 0.5) is 23.0 Å². The molecule has 1 aromatic carbocycles. The predicted octanol–water partition coefficient (Wildman–Crippen LogP) is 2.52. The van der Waals surface area contributed by atoms with Gasteiger partial charge in [-0.15, -0.1) is 0 Å². The van der Waals surface area contributed by atoms with Gasteiger partial charge < -0.3 is 21.3 Å². The van der Waals surface area contributed by atoms with E-state index in [1.54, 1.807) is 10.7 Å². The van der Waals surface area contributed by atoms with Gasteiger partial charge >= 0.3 is 0 Å². The lowest BCUT2D eigenvalue weighted by atomic mass is 10.0. The zero-order valence-corrected chi connectivity index (χ0v) is 19.0. The summed E-state index contributed by atoms with van der Waals surface area (Å²) in [4.78, 5) is 6.85. The number of fused-ring (bicyclic) bond motifs is 1. The number of hydrogen-bond acceptors (Lipinski definition) is 8. The minimum absolute atomic E-state index is 0.0207. The molecule has 32 heavy (non-hydrogen) atoms. The van der Waals surface area contributed by atoms with Crippen molar-refractivity contribution in [3.05, 3.63) is 42.1 Å². The highest BCUT2D eigenvalue weighted by atomic mass is 32.2. The van der Waals surface area contributed by atoms with Gasteiger partial charge in [-0.05, 0) is 49.4 Å². The maximum absolute atomic E-state index is 12.1. The summed E-state index contributed by atoms with van der Waals surface area (Å²) in [6.45, 7) is 1.62. The third kappa shape index (κ3) is 4.81. The summed E-state index contributed by atoms with van der Waals surface area (Å²) >= 11 is 0. The second-order valence-corrected chi connectivity index (χ2v) is 11.1. The molecule has 2 aromatic heterocycles. The minimum atomic E-state index is -3.20. The fraction of sp³-hybridized carbons (Fsp3) is 0.455. The molecule has 0 amide bonds. The number of piperidine rings is 1. The molecule has 0 unspecified atom stereocenters. The van der Waals surface area contributed by atoms with E-state index in [-0.39, 0.29) is 11.8 Å². The molecular weight excluding hydrogens is 426 g/mol. The smallest absolute Gasteiger partial charge is 0.159 e. The number of anilines is 4. The maximum atomic E-state index is 12.1. The van der Waals surface area contributed by atoms with Gasteiger partial charge in [0, 0.05) is 54.9 Å². The normalized spacial score (nSPS) is 19.3. The summed E-state index contributed by atoms with van der Waals surface area (Å²) in [6.07, 6.45) is 7.31. The molecule has 1 saturated carbocycles. The number of rotatable bonds is 7. The van der Waals surface area contributed by atoms with Gasteiger partial charge in [0.1, 0.15) is 11.6 Å². The van der Waals surface area contributed by atoms with Crippen molar-refractivity contribution in [1.29, 1.82) is 0 Å². The van der Waals surface area contributed by atoms with Crippen LogP contribution in [0.25, 0.3) is 5.65 Å². The second-order valence-electron chi connectivity index (χ2n) is 8.93. The van der Waals surface area contributed by atoms with E-state index in [1.807, 2.05) is 30.3 Å². The van der Waals surface area contributed by atoms with Crippen LogP contribution in [0.15, 0.2) is 36.5 Å². The van der Waals surface area contributed by atoms with E-state index in [0.29, 0.717) is 11.9 Å². The van der Waals surface area contributed by atoms with E-state index in [4.69, 9.17) is 5.73 Å². The Morgan fingerprint density at radius 3 is 2.78 bits per heavy atom. The van der Waals surface area contributed by atoms with Crippen molar-refractivity contribution in [2.75, 3.05) is 34.9 Å². The quantitative estimate of drug-likeness (QED) is 0.497. The zero-order chi connectivity index (χ0) is 22.3. The monoisotopic (exact) mass is 455 g/mol. The van der Waals surface area contributed by atoms with Crippen LogP contribution in [0.1, 0.15) is 31.2 Å². The van der Waals surface area contributed by atoms with Crippen molar-refractivity contribution < 1.29 is 8.42 Å². The van der Waals surface area contributed by atoms with Crippen LogP contribution in [0.5, 0.6) is 0 Å². The molecule has 1 saturated heterocycles. The highest BCUT2D eigenvalue weighted by molar-refractivity contribution is 7.89. The van der Waals surface area contributed by atoms with Crippen molar-refractivity contribution in [3.63, 3.8) is 0 Å². The van der Waals surface area contributed by atoms with E-state index >= 15 is 0 Å². The summed E-state index contributed by atoms with van der Waals surface area (Å²) in [7, 11) is -3.20. The molecule has 0 bridgehead atoms. The SMILES string of the molecule is CS(=O)(=O)Cc1cc(Nc2cc(NC3CC3)n3nccc3n2)ccc1N1CCC[C@H](N)C1. The molecule has 1 aliphatic carbocycles. The van der Waals surface area contributed by atoms with Gasteiger partial charge in [-0.25, -0.2) is 13.4 Å². The van der Waals surface area contributed by atoms with Gasteiger partial charge in [0.2, 0.25) is 0 Å². The van der Waals surface area contributed by atoms with E-state index in [1.165, 1.54) is 6.26 Å². The van der Waals surface area contributed by atoms with Gasteiger partial charge in [-0.3, -0.25) is 0 Å². The van der Waals surface area contributed by atoms with E-state index < -0.39 is 9.84 Å². The molecular formula is C22H29N7O2S. The standard InChI is InChI=1S/C22H29N7O2S/c1-32(30,31)14-15-11-18(6-7-19(15)28-10-2-3-16(23)13-28)25-20-12-22(26-17-4-5-17)29-21(27-20)8-9-24-29/h6-9,11-12,16-17,26H,2-5,10,13-14,23H2,1H3,(H,25,27)/t16-/m0/s1. The van der Waals surface area contributed by atoms with E-state index in [2.05, 4.69) is 25.6 Å². The first-order chi connectivity index (χ1) is 15.3. The van der Waals surface area contributed by atoms with Gasteiger partial charge in [0.25, 0.3) is 0 Å². The van der Waals surface area contributed by atoms with Crippen molar-refractivity contribution in [1.82, 2.24) is 14.6 Å². The number of aromatic nitrogens is 3. The Kier molecular flexibility index (Phi) is 5.42. The van der Waals surface area contributed by atoms with Crippen molar-refractivity contribution in [3.8, 4) is 0 Å². The molecule has 2 aliphatic rings. The summed E-state index contributed by atoms with van der Waals surface area (Å²) in [5.74, 6) is 1.55. The molecule has 5 rings (SSSR count). The van der Waals surface area contributed by atoms with Crippen molar-refractivity contribution in [2.24, 2.45) is 5.73 Å².